The third-order valence-corrected chi connectivity index (χ3v) is 4.35. The number of fused-ring (bicyclic) bond motifs is 1. The molecule has 0 aromatic heterocycles. The maximum absolute atomic E-state index is 5.91. The molecule has 2 aromatic carbocycles. The number of methoxy groups -OCH3 is 2. The first-order valence-corrected chi connectivity index (χ1v) is 6.98. The molecule has 1 aliphatic rings. The second-order valence-electron chi connectivity index (χ2n) is 5.37. The van der Waals surface area contributed by atoms with E-state index in [-0.39, 0.29) is 0 Å². The molecule has 0 amide bonds. The molecule has 1 unspecified atom stereocenters. The summed E-state index contributed by atoms with van der Waals surface area (Å²) in [5.41, 5.74) is 2.43. The van der Waals surface area contributed by atoms with Crippen LogP contribution in [0.2, 0.25) is 0 Å². The van der Waals surface area contributed by atoms with Crippen molar-refractivity contribution in [2.75, 3.05) is 14.2 Å². The maximum atomic E-state index is 5.91. The van der Waals surface area contributed by atoms with Crippen LogP contribution in [-0.2, 0) is 20.7 Å². The van der Waals surface area contributed by atoms with Crippen LogP contribution in [0, 0.1) is 0 Å². The Morgan fingerprint density at radius 2 is 1.48 bits per heavy atom. The van der Waals surface area contributed by atoms with Crippen molar-refractivity contribution in [3.05, 3.63) is 65.7 Å². The summed E-state index contributed by atoms with van der Waals surface area (Å²) in [5.74, 6) is -0.896. The molecule has 0 aliphatic carbocycles. The zero-order valence-corrected chi connectivity index (χ0v) is 12.5. The molecule has 0 bridgehead atoms. The lowest BCUT2D eigenvalue weighted by Crippen LogP contribution is -2.52. The minimum Gasteiger partial charge on any atom is -0.348 e. The fraction of sp³-hybridized carbons (Fsp3) is 0.278. The van der Waals surface area contributed by atoms with Gasteiger partial charge in [0.1, 0.15) is 0 Å². The number of hydrogen-bond donors (Lipinski definition) is 0. The quantitative estimate of drug-likeness (QED) is 0.801. The summed E-state index contributed by atoms with van der Waals surface area (Å²) in [6.45, 7) is 2.09. The highest BCUT2D eigenvalue weighted by atomic mass is 16.7. The summed E-state index contributed by atoms with van der Waals surface area (Å²) in [4.78, 5) is 4.63. The summed E-state index contributed by atoms with van der Waals surface area (Å²) >= 11 is 0. The van der Waals surface area contributed by atoms with E-state index in [1.54, 1.807) is 14.2 Å². The average Bonchev–Trinajstić information content (AvgIpc) is 2.56. The van der Waals surface area contributed by atoms with Crippen molar-refractivity contribution in [2.45, 2.75) is 18.1 Å². The van der Waals surface area contributed by atoms with Crippen molar-refractivity contribution in [1.29, 1.82) is 0 Å². The van der Waals surface area contributed by atoms with Crippen molar-refractivity contribution >= 4 is 11.9 Å². The summed E-state index contributed by atoms with van der Waals surface area (Å²) in [7, 11) is 3.36. The van der Waals surface area contributed by atoms with Crippen molar-refractivity contribution in [2.24, 2.45) is 4.99 Å². The summed E-state index contributed by atoms with van der Waals surface area (Å²) in [5, 5.41) is 0. The van der Waals surface area contributed by atoms with Crippen LogP contribution in [0.4, 0.5) is 5.69 Å². The van der Waals surface area contributed by atoms with E-state index < -0.39 is 11.2 Å². The van der Waals surface area contributed by atoms with Crippen LogP contribution in [-0.4, -0.2) is 20.4 Å². The molecule has 108 valence electrons. The van der Waals surface area contributed by atoms with Gasteiger partial charge in [-0.15, -0.1) is 0 Å². The van der Waals surface area contributed by atoms with Gasteiger partial charge < -0.3 is 9.47 Å². The summed E-state index contributed by atoms with van der Waals surface area (Å²) in [6, 6.07) is 18.1. The van der Waals surface area contributed by atoms with Crippen LogP contribution in [0.15, 0.2) is 59.6 Å². The standard InChI is InChI=1S/C18H19NO2/c1-17(14-9-5-4-6-10-14)13-19-16-12-8-7-11-15(16)18(17,20-2)21-3/h4-13H,1-3H3. The number of hydrogen-bond acceptors (Lipinski definition) is 3. The second kappa shape index (κ2) is 5.10. The van der Waals surface area contributed by atoms with Crippen molar-refractivity contribution in [3.63, 3.8) is 0 Å². The van der Waals surface area contributed by atoms with Gasteiger partial charge in [0.05, 0.1) is 11.1 Å². The van der Waals surface area contributed by atoms with Gasteiger partial charge >= 0.3 is 0 Å². The van der Waals surface area contributed by atoms with Crippen molar-refractivity contribution < 1.29 is 9.47 Å². The molecule has 0 spiro atoms. The Hall–Kier alpha value is -1.97. The van der Waals surface area contributed by atoms with Crippen LogP contribution in [0.25, 0.3) is 0 Å². The third kappa shape index (κ3) is 1.85. The first-order chi connectivity index (χ1) is 10.2. The van der Waals surface area contributed by atoms with Crippen LogP contribution < -0.4 is 0 Å². The number of para-hydroxylation sites is 1. The summed E-state index contributed by atoms with van der Waals surface area (Å²) in [6.07, 6.45) is 1.93. The molecule has 1 heterocycles. The zero-order chi connectivity index (χ0) is 14.9. The molecule has 0 saturated carbocycles. The first-order valence-electron chi connectivity index (χ1n) is 6.98. The van der Waals surface area contributed by atoms with E-state index in [9.17, 15) is 0 Å². The van der Waals surface area contributed by atoms with Gasteiger partial charge in [-0.25, -0.2) is 0 Å². The Kier molecular flexibility index (Phi) is 3.40. The Morgan fingerprint density at radius 3 is 2.14 bits per heavy atom. The van der Waals surface area contributed by atoms with Crippen molar-refractivity contribution in [3.8, 4) is 0 Å². The van der Waals surface area contributed by atoms with Crippen LogP contribution in [0.1, 0.15) is 18.1 Å². The van der Waals surface area contributed by atoms with Gasteiger partial charge in [-0.05, 0) is 18.6 Å². The predicted octanol–water partition coefficient (Wildman–Crippen LogP) is 3.81. The molecule has 1 aliphatic heterocycles. The van der Waals surface area contributed by atoms with E-state index in [1.165, 1.54) is 0 Å². The molecule has 3 heteroatoms. The smallest absolute Gasteiger partial charge is 0.211 e. The average molecular weight is 281 g/mol. The molecule has 0 saturated heterocycles. The van der Waals surface area contributed by atoms with E-state index in [0.717, 1.165) is 16.8 Å². The number of rotatable bonds is 3. The second-order valence-corrected chi connectivity index (χ2v) is 5.37. The van der Waals surface area contributed by atoms with Gasteiger partial charge in [0.2, 0.25) is 5.79 Å². The summed E-state index contributed by atoms with van der Waals surface area (Å²) < 4.78 is 11.8. The number of aliphatic imine (C=N–C) groups is 1. The predicted molar refractivity (Wildman–Crippen MR) is 84.1 cm³/mol. The van der Waals surface area contributed by atoms with E-state index in [4.69, 9.17) is 9.47 Å². The largest absolute Gasteiger partial charge is 0.348 e. The fourth-order valence-electron chi connectivity index (χ4n) is 3.20. The minimum absolute atomic E-state index is 0.508. The Labute approximate surface area is 125 Å². The first kappa shape index (κ1) is 14.0. The number of ether oxygens (including phenoxy) is 2. The van der Waals surface area contributed by atoms with Gasteiger partial charge in [-0.2, -0.15) is 0 Å². The minimum atomic E-state index is -0.896. The Bertz CT molecular complexity index is 662. The molecule has 0 fully saturated rings. The van der Waals surface area contributed by atoms with Crippen molar-refractivity contribution in [1.82, 2.24) is 0 Å². The number of nitrogens with zero attached hydrogens (tertiary/aromatic N) is 1. The molecule has 21 heavy (non-hydrogen) atoms. The molecule has 2 aromatic rings. The lowest BCUT2D eigenvalue weighted by atomic mass is 9.71. The topological polar surface area (TPSA) is 30.8 Å². The normalized spacial score (nSPS) is 22.8. The number of benzene rings is 2. The maximum Gasteiger partial charge on any atom is 0.211 e. The highest BCUT2D eigenvalue weighted by Gasteiger charge is 2.54. The molecular weight excluding hydrogens is 262 g/mol. The van der Waals surface area contributed by atoms with Crippen LogP contribution in [0.3, 0.4) is 0 Å². The highest BCUT2D eigenvalue weighted by molar-refractivity contribution is 5.82. The zero-order valence-electron chi connectivity index (χ0n) is 12.5. The lowest BCUT2D eigenvalue weighted by molar-refractivity contribution is -0.243. The molecule has 3 rings (SSSR count). The SMILES string of the molecule is COC1(OC)c2ccccc2N=CC1(C)c1ccccc1. The molecular formula is C18H19NO2. The van der Waals surface area contributed by atoms with Gasteiger partial charge in [0.25, 0.3) is 0 Å². The van der Waals surface area contributed by atoms with Gasteiger partial charge in [-0.3, -0.25) is 4.99 Å². The molecule has 0 radical (unpaired) electrons. The van der Waals surface area contributed by atoms with Crippen LogP contribution >= 0.6 is 0 Å². The third-order valence-electron chi connectivity index (χ3n) is 4.35. The monoisotopic (exact) mass is 281 g/mol. The van der Waals surface area contributed by atoms with Gasteiger partial charge in [0, 0.05) is 26.0 Å². The molecule has 3 nitrogen and oxygen atoms in total. The van der Waals surface area contributed by atoms with E-state index in [1.807, 2.05) is 48.7 Å². The van der Waals surface area contributed by atoms with E-state index in [2.05, 4.69) is 24.0 Å². The molecule has 0 N–H and O–H groups in total. The van der Waals surface area contributed by atoms with Gasteiger partial charge in [0.15, 0.2) is 0 Å². The van der Waals surface area contributed by atoms with E-state index in [0.29, 0.717) is 0 Å². The highest BCUT2D eigenvalue weighted by Crippen LogP contribution is 2.50. The Morgan fingerprint density at radius 1 is 0.857 bits per heavy atom. The van der Waals surface area contributed by atoms with Gasteiger partial charge in [-0.1, -0.05) is 48.5 Å². The molecule has 1 atom stereocenters. The van der Waals surface area contributed by atoms with E-state index >= 15 is 0 Å². The fourth-order valence-corrected chi connectivity index (χ4v) is 3.20. The lowest BCUT2D eigenvalue weighted by Gasteiger charge is -2.47. The Balaban J connectivity index is 2.28. The van der Waals surface area contributed by atoms with Crippen LogP contribution in [0.5, 0.6) is 0 Å².